The van der Waals surface area contributed by atoms with Crippen LogP contribution in [-0.4, -0.2) is 24.7 Å². The maximum absolute atomic E-state index is 11.7. The molecule has 6 heteroatoms. The van der Waals surface area contributed by atoms with Crippen LogP contribution in [0.2, 0.25) is 0 Å². The SMILES string of the molecule is C=Cc1ncccc1/C=C(\C)c1cc2ccc(=O)[nH]c2nc1-n1cccn1. The third kappa shape index (κ3) is 3.20. The van der Waals surface area contributed by atoms with Crippen LogP contribution in [0, 0.1) is 0 Å². The number of aromatic nitrogens is 5. The lowest BCUT2D eigenvalue weighted by Gasteiger charge is -2.12. The van der Waals surface area contributed by atoms with Crippen LogP contribution < -0.4 is 5.56 Å². The van der Waals surface area contributed by atoms with Gasteiger partial charge in [0.15, 0.2) is 5.82 Å². The molecule has 0 amide bonds. The van der Waals surface area contributed by atoms with Gasteiger partial charge in [-0.05, 0) is 48.9 Å². The minimum absolute atomic E-state index is 0.188. The fourth-order valence-corrected chi connectivity index (χ4v) is 2.96. The highest BCUT2D eigenvalue weighted by molar-refractivity contribution is 5.89. The van der Waals surface area contributed by atoms with Crippen molar-refractivity contribution >= 4 is 28.8 Å². The number of pyridine rings is 3. The van der Waals surface area contributed by atoms with Gasteiger partial charge in [0.1, 0.15) is 5.65 Å². The third-order valence-electron chi connectivity index (χ3n) is 4.27. The number of hydrogen-bond acceptors (Lipinski definition) is 4. The van der Waals surface area contributed by atoms with Crippen molar-refractivity contribution in [1.29, 1.82) is 0 Å². The minimum atomic E-state index is -0.188. The summed E-state index contributed by atoms with van der Waals surface area (Å²) in [7, 11) is 0. The second-order valence-corrected chi connectivity index (χ2v) is 6.08. The number of hydrogen-bond donors (Lipinski definition) is 1. The van der Waals surface area contributed by atoms with Gasteiger partial charge in [-0.25, -0.2) is 9.67 Å². The topological polar surface area (TPSA) is 76.5 Å². The van der Waals surface area contributed by atoms with Crippen LogP contribution in [0.5, 0.6) is 0 Å². The van der Waals surface area contributed by atoms with Gasteiger partial charge in [-0.3, -0.25) is 9.78 Å². The first-order chi connectivity index (χ1) is 13.2. The number of rotatable bonds is 4. The number of nitrogens with one attached hydrogen (secondary N) is 1. The van der Waals surface area contributed by atoms with Crippen LogP contribution in [0.15, 0.2) is 66.4 Å². The fourth-order valence-electron chi connectivity index (χ4n) is 2.96. The number of aromatic amines is 1. The maximum atomic E-state index is 11.7. The summed E-state index contributed by atoms with van der Waals surface area (Å²) in [6, 6.07) is 11.0. The fraction of sp³-hybridized carbons (Fsp3) is 0.0476. The molecule has 6 nitrogen and oxygen atoms in total. The molecule has 0 fully saturated rings. The highest BCUT2D eigenvalue weighted by Gasteiger charge is 2.12. The first-order valence-corrected chi connectivity index (χ1v) is 8.46. The molecule has 27 heavy (non-hydrogen) atoms. The van der Waals surface area contributed by atoms with Gasteiger partial charge in [-0.15, -0.1) is 0 Å². The molecule has 0 aliphatic carbocycles. The summed E-state index contributed by atoms with van der Waals surface area (Å²) < 4.78 is 1.69. The molecule has 0 aliphatic rings. The predicted octanol–water partition coefficient (Wildman–Crippen LogP) is 3.71. The molecule has 132 valence electrons. The summed E-state index contributed by atoms with van der Waals surface area (Å²) in [6.45, 7) is 5.84. The van der Waals surface area contributed by atoms with Gasteiger partial charge in [0.05, 0.1) is 5.69 Å². The molecule has 0 aromatic carbocycles. The van der Waals surface area contributed by atoms with Crippen molar-refractivity contribution < 1.29 is 0 Å². The summed E-state index contributed by atoms with van der Waals surface area (Å²) >= 11 is 0. The zero-order chi connectivity index (χ0) is 18.8. The Balaban J connectivity index is 1.95. The van der Waals surface area contributed by atoms with E-state index in [9.17, 15) is 4.79 Å². The Morgan fingerprint density at radius 2 is 2.11 bits per heavy atom. The first kappa shape index (κ1) is 16.7. The molecule has 4 aromatic heterocycles. The normalized spacial score (nSPS) is 11.7. The summed E-state index contributed by atoms with van der Waals surface area (Å²) in [5.74, 6) is 0.646. The van der Waals surface area contributed by atoms with Crippen LogP contribution in [0.1, 0.15) is 23.7 Å². The maximum Gasteiger partial charge on any atom is 0.249 e. The molecule has 0 saturated carbocycles. The van der Waals surface area contributed by atoms with E-state index in [1.165, 1.54) is 6.07 Å². The summed E-state index contributed by atoms with van der Waals surface area (Å²) in [5.41, 5.74) is 4.04. The van der Waals surface area contributed by atoms with Gasteiger partial charge in [-0.1, -0.05) is 12.6 Å². The van der Waals surface area contributed by atoms with Gasteiger partial charge in [0, 0.05) is 41.2 Å². The van der Waals surface area contributed by atoms with Gasteiger partial charge in [0.25, 0.3) is 0 Å². The second kappa shape index (κ2) is 6.84. The number of allylic oxidation sites excluding steroid dienone is 1. The van der Waals surface area contributed by atoms with Crippen molar-refractivity contribution in [1.82, 2.24) is 24.7 Å². The molecule has 0 radical (unpaired) electrons. The minimum Gasteiger partial charge on any atom is -0.307 e. The Morgan fingerprint density at radius 1 is 1.22 bits per heavy atom. The van der Waals surface area contributed by atoms with E-state index in [1.807, 2.05) is 43.5 Å². The lowest BCUT2D eigenvalue weighted by atomic mass is 10.0. The van der Waals surface area contributed by atoms with Crippen molar-refractivity contribution in [2.75, 3.05) is 0 Å². The zero-order valence-electron chi connectivity index (χ0n) is 14.8. The van der Waals surface area contributed by atoms with E-state index in [4.69, 9.17) is 0 Å². The van der Waals surface area contributed by atoms with E-state index >= 15 is 0 Å². The van der Waals surface area contributed by atoms with Crippen LogP contribution >= 0.6 is 0 Å². The molecule has 1 N–H and O–H groups in total. The van der Waals surface area contributed by atoms with Crippen molar-refractivity contribution in [2.45, 2.75) is 6.92 Å². The molecule has 4 heterocycles. The first-order valence-electron chi connectivity index (χ1n) is 8.46. The smallest absolute Gasteiger partial charge is 0.249 e. The molecule has 0 bridgehead atoms. The van der Waals surface area contributed by atoms with Gasteiger partial charge in [-0.2, -0.15) is 5.10 Å². The van der Waals surface area contributed by atoms with Crippen LogP contribution in [0.3, 0.4) is 0 Å². The largest absolute Gasteiger partial charge is 0.307 e. The molecular formula is C21H17N5O. The quantitative estimate of drug-likeness (QED) is 0.605. The molecule has 0 aliphatic heterocycles. The standard InChI is InChI=1S/C21H17N5O/c1-3-18-15(6-4-9-22-18)12-14(2)17-13-16-7-8-19(27)24-20(16)25-21(17)26-11-5-10-23-26/h3-13H,1H2,2H3,(H,24,25,27)/b14-12+. The highest BCUT2D eigenvalue weighted by atomic mass is 16.1. The van der Waals surface area contributed by atoms with E-state index in [-0.39, 0.29) is 5.56 Å². The Hall–Kier alpha value is -3.80. The van der Waals surface area contributed by atoms with Crippen LogP contribution in [0.25, 0.3) is 34.6 Å². The van der Waals surface area contributed by atoms with Crippen LogP contribution in [-0.2, 0) is 0 Å². The highest BCUT2D eigenvalue weighted by Crippen LogP contribution is 2.26. The van der Waals surface area contributed by atoms with Crippen molar-refractivity contribution in [3.63, 3.8) is 0 Å². The molecule has 4 aromatic rings. The Morgan fingerprint density at radius 3 is 2.89 bits per heavy atom. The number of nitrogens with zero attached hydrogens (tertiary/aromatic N) is 4. The van der Waals surface area contributed by atoms with Crippen molar-refractivity contribution in [2.24, 2.45) is 0 Å². The van der Waals surface area contributed by atoms with Crippen molar-refractivity contribution in [3.8, 4) is 5.82 Å². The van der Waals surface area contributed by atoms with E-state index < -0.39 is 0 Å². The van der Waals surface area contributed by atoms with Crippen molar-refractivity contribution in [3.05, 3.63) is 88.7 Å². The molecule has 0 atom stereocenters. The predicted molar refractivity (Wildman–Crippen MR) is 107 cm³/mol. The van der Waals surface area contributed by atoms with E-state index in [2.05, 4.69) is 26.6 Å². The van der Waals surface area contributed by atoms with E-state index in [0.717, 1.165) is 27.8 Å². The third-order valence-corrected chi connectivity index (χ3v) is 4.27. The number of fused-ring (bicyclic) bond motifs is 1. The Bertz CT molecular complexity index is 1220. The lowest BCUT2D eigenvalue weighted by Crippen LogP contribution is -2.08. The van der Waals surface area contributed by atoms with Gasteiger partial charge < -0.3 is 4.98 Å². The zero-order valence-corrected chi connectivity index (χ0v) is 14.8. The van der Waals surface area contributed by atoms with Gasteiger partial charge in [0.2, 0.25) is 5.56 Å². The number of H-pyrrole nitrogens is 1. The Kier molecular flexibility index (Phi) is 4.22. The monoisotopic (exact) mass is 355 g/mol. The summed E-state index contributed by atoms with van der Waals surface area (Å²) in [6.07, 6.45) is 9.04. The summed E-state index contributed by atoms with van der Waals surface area (Å²) in [4.78, 5) is 23.4. The molecule has 0 unspecified atom stereocenters. The van der Waals surface area contributed by atoms with Crippen LogP contribution in [0.4, 0.5) is 0 Å². The average molecular weight is 355 g/mol. The molecular weight excluding hydrogens is 338 g/mol. The second-order valence-electron chi connectivity index (χ2n) is 6.08. The molecule has 4 rings (SSSR count). The summed E-state index contributed by atoms with van der Waals surface area (Å²) in [5, 5.41) is 5.16. The van der Waals surface area contributed by atoms with Gasteiger partial charge >= 0.3 is 0 Å². The van der Waals surface area contributed by atoms with E-state index in [0.29, 0.717) is 11.5 Å². The lowest BCUT2D eigenvalue weighted by molar-refractivity contribution is 0.847. The Labute approximate surface area is 155 Å². The average Bonchev–Trinajstić information content (AvgIpc) is 3.22. The molecule has 0 saturated heterocycles. The van der Waals surface area contributed by atoms with E-state index in [1.54, 1.807) is 29.2 Å². The molecule has 0 spiro atoms.